The first kappa shape index (κ1) is 20.8. The maximum Gasteiger partial charge on any atom is 0.420 e. The van der Waals surface area contributed by atoms with Crippen molar-refractivity contribution in [2.45, 2.75) is 39.2 Å². The molecule has 1 fully saturated rings. The van der Waals surface area contributed by atoms with Crippen LogP contribution < -0.4 is 10.9 Å². The van der Waals surface area contributed by atoms with E-state index in [4.69, 9.17) is 4.74 Å². The zero-order valence-electron chi connectivity index (χ0n) is 14.8. The molecule has 0 atom stereocenters. The van der Waals surface area contributed by atoms with Gasteiger partial charge >= 0.3 is 6.09 Å². The molecule has 138 valence electrons. The average Bonchev–Trinajstić information content (AvgIpc) is 3.07. The van der Waals surface area contributed by atoms with Crippen molar-refractivity contribution in [3.63, 3.8) is 0 Å². The summed E-state index contributed by atoms with van der Waals surface area (Å²) < 4.78 is 6.87. The number of amides is 3. The summed E-state index contributed by atoms with van der Waals surface area (Å²) in [7, 11) is 0. The van der Waals surface area contributed by atoms with Crippen LogP contribution in [0.2, 0.25) is 0 Å². The first-order valence-corrected chi connectivity index (χ1v) is 8.91. The molecule has 25 heavy (non-hydrogen) atoms. The van der Waals surface area contributed by atoms with Crippen LogP contribution in [0.5, 0.6) is 0 Å². The number of benzene rings is 1. The molecule has 8 heteroatoms. The van der Waals surface area contributed by atoms with E-state index in [0.29, 0.717) is 6.41 Å². The van der Waals surface area contributed by atoms with Crippen molar-refractivity contribution >= 4 is 30.4 Å². The lowest BCUT2D eigenvalue weighted by atomic mass is 10.1. The van der Waals surface area contributed by atoms with E-state index in [0.717, 1.165) is 24.3 Å². The summed E-state index contributed by atoms with van der Waals surface area (Å²) >= 11 is 1.55. The molecule has 2 N–H and O–H groups in total. The Labute approximate surface area is 152 Å². The van der Waals surface area contributed by atoms with Gasteiger partial charge in [-0.15, -0.1) is 0 Å². The van der Waals surface area contributed by atoms with Crippen molar-refractivity contribution in [1.82, 2.24) is 15.2 Å². The molecule has 0 aromatic heterocycles. The van der Waals surface area contributed by atoms with Crippen LogP contribution in [0.1, 0.15) is 32.8 Å². The van der Waals surface area contributed by atoms with Crippen LogP contribution >= 0.6 is 11.9 Å². The van der Waals surface area contributed by atoms with E-state index in [9.17, 15) is 14.4 Å². The molecule has 1 aromatic rings. The van der Waals surface area contributed by atoms with Crippen LogP contribution in [-0.2, 0) is 20.7 Å². The Hall–Kier alpha value is -2.22. The van der Waals surface area contributed by atoms with E-state index >= 15 is 0 Å². The molecule has 0 aliphatic carbocycles. The number of ether oxygens (including phenoxy) is 1. The molecule has 7 nitrogen and oxygen atoms in total. The third-order valence-corrected chi connectivity index (χ3v) is 3.94. The van der Waals surface area contributed by atoms with E-state index < -0.39 is 0 Å². The highest BCUT2D eigenvalue weighted by molar-refractivity contribution is 7.97. The minimum absolute atomic E-state index is 0.204. The largest absolute Gasteiger partial charge is 0.443 e. The zero-order valence-corrected chi connectivity index (χ0v) is 15.6. The molecule has 2 rings (SSSR count). The fourth-order valence-electron chi connectivity index (χ4n) is 1.84. The monoisotopic (exact) mass is 367 g/mol. The number of nitrogens with one attached hydrogen (secondary N) is 2. The SMILES string of the molecule is CC(C)(C)OC(=O)N1CCCS1.O=CNNC(=O)Cc1ccccc1. The number of nitrogens with zero attached hydrogens (tertiary/aromatic N) is 1. The molecule has 0 spiro atoms. The lowest BCUT2D eigenvalue weighted by Gasteiger charge is -2.23. The van der Waals surface area contributed by atoms with E-state index in [2.05, 4.69) is 10.9 Å². The topological polar surface area (TPSA) is 87.7 Å². The van der Waals surface area contributed by atoms with Crippen LogP contribution in [0.3, 0.4) is 0 Å². The fraction of sp³-hybridized carbons (Fsp3) is 0.471. The van der Waals surface area contributed by atoms with Crippen molar-refractivity contribution in [3.05, 3.63) is 35.9 Å². The van der Waals surface area contributed by atoms with Crippen LogP contribution in [0.15, 0.2) is 30.3 Å². The number of carbonyl (C=O) groups is 3. The predicted molar refractivity (Wildman–Crippen MR) is 97.5 cm³/mol. The van der Waals surface area contributed by atoms with Gasteiger partial charge in [-0.1, -0.05) is 30.3 Å². The Morgan fingerprint density at radius 3 is 2.48 bits per heavy atom. The average molecular weight is 367 g/mol. The number of rotatable bonds is 4. The van der Waals surface area contributed by atoms with Gasteiger partial charge in [0.2, 0.25) is 12.3 Å². The molecule has 0 bridgehead atoms. The van der Waals surface area contributed by atoms with Crippen molar-refractivity contribution < 1.29 is 19.1 Å². The molecule has 1 aliphatic heterocycles. The molecular formula is C17H25N3O4S. The Balaban J connectivity index is 0.000000251. The van der Waals surface area contributed by atoms with Crippen molar-refractivity contribution in [2.24, 2.45) is 0 Å². The number of hydrazine groups is 1. The molecule has 3 amide bonds. The maximum absolute atomic E-state index is 11.3. The molecular weight excluding hydrogens is 342 g/mol. The highest BCUT2D eigenvalue weighted by Crippen LogP contribution is 2.22. The third-order valence-electron chi connectivity index (χ3n) is 2.83. The first-order valence-electron chi connectivity index (χ1n) is 7.97. The lowest BCUT2D eigenvalue weighted by Crippen LogP contribution is -2.37. The molecule has 1 heterocycles. The summed E-state index contributed by atoms with van der Waals surface area (Å²) in [6, 6.07) is 9.29. The quantitative estimate of drug-likeness (QED) is 0.484. The minimum Gasteiger partial charge on any atom is -0.443 e. The van der Waals surface area contributed by atoms with E-state index in [1.807, 2.05) is 51.1 Å². The second-order valence-electron chi connectivity index (χ2n) is 6.24. The molecule has 0 radical (unpaired) electrons. The number of hydrogen-bond donors (Lipinski definition) is 2. The van der Waals surface area contributed by atoms with E-state index in [1.54, 1.807) is 16.3 Å². The first-order chi connectivity index (χ1) is 11.8. The summed E-state index contributed by atoms with van der Waals surface area (Å²) in [4.78, 5) is 32.2. The summed E-state index contributed by atoms with van der Waals surface area (Å²) in [5.74, 6) is 0.789. The van der Waals surface area contributed by atoms with Crippen molar-refractivity contribution in [2.75, 3.05) is 12.3 Å². The Kier molecular flexibility index (Phi) is 8.83. The van der Waals surface area contributed by atoms with Gasteiger partial charge in [0.1, 0.15) is 5.60 Å². The molecule has 1 aromatic carbocycles. The van der Waals surface area contributed by atoms with Gasteiger partial charge in [0, 0.05) is 12.3 Å². The fourth-order valence-corrected chi connectivity index (χ4v) is 2.72. The van der Waals surface area contributed by atoms with Gasteiger partial charge < -0.3 is 4.74 Å². The van der Waals surface area contributed by atoms with Gasteiger partial charge in [-0.2, -0.15) is 0 Å². The molecule has 1 aliphatic rings. The zero-order chi connectivity index (χ0) is 18.7. The van der Waals surface area contributed by atoms with Gasteiger partial charge in [0.05, 0.1) is 6.42 Å². The minimum atomic E-state index is -0.375. The van der Waals surface area contributed by atoms with Gasteiger partial charge in [-0.25, -0.2) is 4.79 Å². The third kappa shape index (κ3) is 9.61. The summed E-state index contributed by atoms with van der Waals surface area (Å²) in [5, 5.41) is 0. The van der Waals surface area contributed by atoms with Crippen molar-refractivity contribution in [1.29, 1.82) is 0 Å². The predicted octanol–water partition coefficient (Wildman–Crippen LogP) is 2.28. The van der Waals surface area contributed by atoms with Gasteiger partial charge in [0.25, 0.3) is 0 Å². The second-order valence-corrected chi connectivity index (χ2v) is 7.35. The molecule has 0 unspecified atom stereocenters. The van der Waals surface area contributed by atoms with Crippen molar-refractivity contribution in [3.8, 4) is 0 Å². The number of hydrogen-bond acceptors (Lipinski definition) is 5. The van der Waals surface area contributed by atoms with E-state index in [1.165, 1.54) is 0 Å². The lowest BCUT2D eigenvalue weighted by molar-refractivity contribution is -0.124. The summed E-state index contributed by atoms with van der Waals surface area (Å²) in [5.41, 5.74) is 4.85. The normalized spacial score (nSPS) is 13.3. The Morgan fingerprint density at radius 1 is 1.28 bits per heavy atom. The highest BCUT2D eigenvalue weighted by Gasteiger charge is 2.24. The van der Waals surface area contributed by atoms with Gasteiger partial charge in [0.15, 0.2) is 0 Å². The summed E-state index contributed by atoms with van der Waals surface area (Å²) in [6.45, 7) is 6.46. The summed E-state index contributed by atoms with van der Waals surface area (Å²) in [6.07, 6.45) is 1.55. The smallest absolute Gasteiger partial charge is 0.420 e. The Morgan fingerprint density at radius 2 is 1.96 bits per heavy atom. The molecule has 1 saturated heterocycles. The van der Waals surface area contributed by atoms with Gasteiger partial charge in [-0.05, 0) is 44.7 Å². The number of carbonyl (C=O) groups excluding carboxylic acids is 3. The highest BCUT2D eigenvalue weighted by atomic mass is 32.2. The molecule has 0 saturated carbocycles. The van der Waals surface area contributed by atoms with Crippen LogP contribution in [-0.4, -0.2) is 40.6 Å². The van der Waals surface area contributed by atoms with Crippen LogP contribution in [0, 0.1) is 0 Å². The standard InChI is InChI=1S/C9H10N2O2.C8H15NO2S/c12-7-10-11-9(13)6-8-4-2-1-3-5-8;1-8(2,3)11-7(10)9-5-4-6-12-9/h1-5,7H,6H2,(H,10,12)(H,11,13);4-6H2,1-3H3. The van der Waals surface area contributed by atoms with Crippen LogP contribution in [0.25, 0.3) is 0 Å². The van der Waals surface area contributed by atoms with Gasteiger partial charge in [-0.3, -0.25) is 24.7 Å². The van der Waals surface area contributed by atoms with E-state index in [-0.39, 0.29) is 24.0 Å². The maximum atomic E-state index is 11.3. The second kappa shape index (κ2) is 10.6. The Bertz CT molecular complexity index is 555. The van der Waals surface area contributed by atoms with Crippen LogP contribution in [0.4, 0.5) is 4.79 Å².